The van der Waals surface area contributed by atoms with E-state index in [0.717, 1.165) is 53.7 Å². The Labute approximate surface area is 226 Å². The molecule has 3 aromatic rings. The number of Topliss-reactive ketones (excluding diaryl/α,β-unsaturated/α-hetero) is 1. The quantitative estimate of drug-likeness (QED) is 0.318. The van der Waals surface area contributed by atoms with Crippen molar-refractivity contribution in [1.82, 2.24) is 0 Å². The van der Waals surface area contributed by atoms with Crippen molar-refractivity contribution < 1.29 is 18.7 Å². The molecule has 0 amide bonds. The highest BCUT2D eigenvalue weighted by atomic mass is 19.1. The topological polar surface area (TPSA) is 35.5 Å². The van der Waals surface area contributed by atoms with Crippen LogP contribution in [0.2, 0.25) is 0 Å². The van der Waals surface area contributed by atoms with Crippen LogP contribution < -0.4 is 4.74 Å². The molecular formula is C34H39FO3. The SMILES string of the molecule is CO[C@H](c1cc(COc2ccc3c(c2)[C@@]2(CC3)CC[C@H]2C(C)=O)ccc1-c1cc(C)ccc1F)C(C)(C)C. The van der Waals surface area contributed by atoms with Crippen molar-refractivity contribution in [3.05, 3.63) is 88.2 Å². The van der Waals surface area contributed by atoms with Gasteiger partial charge in [-0.2, -0.15) is 0 Å². The van der Waals surface area contributed by atoms with Gasteiger partial charge in [-0.05, 0) is 103 Å². The van der Waals surface area contributed by atoms with E-state index in [1.54, 1.807) is 20.1 Å². The van der Waals surface area contributed by atoms with Gasteiger partial charge in [-0.25, -0.2) is 4.39 Å². The molecule has 1 saturated carbocycles. The number of hydrogen-bond acceptors (Lipinski definition) is 3. The second kappa shape index (κ2) is 9.96. The van der Waals surface area contributed by atoms with Crippen molar-refractivity contribution in [1.29, 1.82) is 0 Å². The summed E-state index contributed by atoms with van der Waals surface area (Å²) < 4.78 is 27.3. The molecule has 3 aromatic carbocycles. The number of ether oxygens (including phenoxy) is 2. The van der Waals surface area contributed by atoms with Gasteiger partial charge in [0.1, 0.15) is 24.0 Å². The van der Waals surface area contributed by atoms with Gasteiger partial charge in [0.25, 0.3) is 0 Å². The summed E-state index contributed by atoms with van der Waals surface area (Å²) >= 11 is 0. The Balaban J connectivity index is 1.45. The lowest BCUT2D eigenvalue weighted by Crippen LogP contribution is -2.46. The molecule has 0 aliphatic heterocycles. The van der Waals surface area contributed by atoms with Gasteiger partial charge in [0.05, 0.1) is 6.10 Å². The summed E-state index contributed by atoms with van der Waals surface area (Å²) in [5.74, 6) is 1.03. The van der Waals surface area contributed by atoms with E-state index in [2.05, 4.69) is 39.0 Å². The third kappa shape index (κ3) is 4.68. The van der Waals surface area contributed by atoms with E-state index in [0.29, 0.717) is 18.0 Å². The zero-order valence-corrected chi connectivity index (χ0v) is 23.5. The Hall–Kier alpha value is -2.98. The highest BCUT2D eigenvalue weighted by Crippen LogP contribution is 2.57. The van der Waals surface area contributed by atoms with Crippen molar-refractivity contribution >= 4 is 5.78 Å². The molecule has 1 fully saturated rings. The van der Waals surface area contributed by atoms with E-state index in [4.69, 9.17) is 9.47 Å². The average Bonchev–Trinajstić information content (AvgIpc) is 3.24. The first kappa shape index (κ1) is 26.6. The molecule has 0 bridgehead atoms. The molecule has 0 aromatic heterocycles. The summed E-state index contributed by atoms with van der Waals surface area (Å²) in [5.41, 5.74) is 6.87. The second-order valence-electron chi connectivity index (χ2n) is 12.4. The van der Waals surface area contributed by atoms with Crippen LogP contribution in [0.1, 0.15) is 80.9 Å². The Kier molecular flexibility index (Phi) is 6.98. The molecule has 200 valence electrons. The summed E-state index contributed by atoms with van der Waals surface area (Å²) in [7, 11) is 1.71. The minimum Gasteiger partial charge on any atom is -0.489 e. The van der Waals surface area contributed by atoms with E-state index in [1.807, 2.05) is 31.2 Å². The van der Waals surface area contributed by atoms with Crippen molar-refractivity contribution in [3.63, 3.8) is 0 Å². The molecule has 3 nitrogen and oxygen atoms in total. The van der Waals surface area contributed by atoms with Gasteiger partial charge >= 0.3 is 0 Å². The zero-order valence-electron chi connectivity index (χ0n) is 23.5. The minimum absolute atomic E-state index is 0.00559. The Morgan fingerprint density at radius 3 is 2.50 bits per heavy atom. The lowest BCUT2D eigenvalue weighted by molar-refractivity contribution is -0.127. The van der Waals surface area contributed by atoms with Gasteiger partial charge in [0.15, 0.2) is 0 Å². The third-order valence-corrected chi connectivity index (χ3v) is 8.73. The largest absolute Gasteiger partial charge is 0.489 e. The Morgan fingerprint density at radius 2 is 1.84 bits per heavy atom. The summed E-state index contributed by atoms with van der Waals surface area (Å²) in [4.78, 5) is 12.3. The Morgan fingerprint density at radius 1 is 1.05 bits per heavy atom. The number of halogens is 1. The number of rotatable bonds is 7. The lowest BCUT2D eigenvalue weighted by atomic mass is 9.56. The summed E-state index contributed by atoms with van der Waals surface area (Å²) in [5, 5.41) is 0. The van der Waals surface area contributed by atoms with Gasteiger partial charge in [0.2, 0.25) is 0 Å². The molecular weight excluding hydrogens is 475 g/mol. The molecule has 2 aliphatic carbocycles. The molecule has 3 atom stereocenters. The van der Waals surface area contributed by atoms with Crippen molar-refractivity contribution in [2.45, 2.75) is 78.4 Å². The standard InChI is InChI=1S/C34H39FO3/c1-21-7-12-31(35)27(17-21)26-11-8-23(18-28(26)32(37-6)33(3,4)5)20-38-25-10-9-24-13-15-34(30(24)19-25)16-14-29(34)22(2)36/h7-12,17-19,29,32H,13-16,20H2,1-6H3/t29-,32+,34-/m0/s1. The molecule has 4 heteroatoms. The number of hydrogen-bond donors (Lipinski definition) is 0. The monoisotopic (exact) mass is 514 g/mol. The van der Waals surface area contributed by atoms with Crippen LogP contribution in [0.3, 0.4) is 0 Å². The third-order valence-electron chi connectivity index (χ3n) is 8.73. The predicted octanol–water partition coefficient (Wildman–Crippen LogP) is 8.30. The van der Waals surface area contributed by atoms with Gasteiger partial charge in [0, 0.05) is 24.0 Å². The zero-order chi connectivity index (χ0) is 27.2. The lowest BCUT2D eigenvalue weighted by Gasteiger charge is -2.47. The molecule has 1 spiro atoms. The molecule has 0 radical (unpaired) electrons. The van der Waals surface area contributed by atoms with Crippen molar-refractivity contribution in [2.75, 3.05) is 7.11 Å². The molecule has 0 N–H and O–H groups in total. The number of carbonyl (C=O) groups excluding carboxylic acids is 1. The summed E-state index contributed by atoms with van der Waals surface area (Å²) in [6.07, 6.45) is 3.94. The van der Waals surface area contributed by atoms with Crippen LogP contribution in [0.4, 0.5) is 4.39 Å². The van der Waals surface area contributed by atoms with Gasteiger partial charge in [-0.3, -0.25) is 4.79 Å². The predicted molar refractivity (Wildman–Crippen MR) is 150 cm³/mol. The van der Waals surface area contributed by atoms with Gasteiger partial charge in [-0.1, -0.05) is 50.6 Å². The minimum atomic E-state index is -0.239. The van der Waals surface area contributed by atoms with E-state index in [9.17, 15) is 9.18 Å². The van der Waals surface area contributed by atoms with E-state index in [-0.39, 0.29) is 28.7 Å². The smallest absolute Gasteiger partial charge is 0.133 e. The van der Waals surface area contributed by atoms with Crippen LogP contribution in [0.25, 0.3) is 11.1 Å². The fourth-order valence-corrected chi connectivity index (χ4v) is 6.79. The maximum atomic E-state index is 15.0. The van der Waals surface area contributed by atoms with Crippen LogP contribution in [0.15, 0.2) is 54.6 Å². The first-order valence-corrected chi connectivity index (χ1v) is 13.7. The average molecular weight is 515 g/mol. The molecule has 0 unspecified atom stereocenters. The fourth-order valence-electron chi connectivity index (χ4n) is 6.79. The molecule has 38 heavy (non-hydrogen) atoms. The van der Waals surface area contributed by atoms with Crippen LogP contribution in [0, 0.1) is 24.1 Å². The van der Waals surface area contributed by atoms with Crippen LogP contribution in [-0.2, 0) is 28.0 Å². The van der Waals surface area contributed by atoms with Crippen molar-refractivity contribution in [3.8, 4) is 16.9 Å². The maximum Gasteiger partial charge on any atom is 0.133 e. The first-order valence-electron chi connectivity index (χ1n) is 13.7. The van der Waals surface area contributed by atoms with E-state index in [1.165, 1.54) is 17.2 Å². The van der Waals surface area contributed by atoms with Crippen LogP contribution in [-0.4, -0.2) is 12.9 Å². The number of carbonyl (C=O) groups is 1. The maximum absolute atomic E-state index is 15.0. The first-order chi connectivity index (χ1) is 18.0. The van der Waals surface area contributed by atoms with Crippen LogP contribution in [0.5, 0.6) is 5.75 Å². The number of aryl methyl sites for hydroxylation is 2. The van der Waals surface area contributed by atoms with E-state index >= 15 is 0 Å². The summed E-state index contributed by atoms with van der Waals surface area (Å²) in [6.45, 7) is 10.5. The molecule has 2 aliphatic rings. The molecule has 0 saturated heterocycles. The normalized spacial score (nSPS) is 21.2. The fraction of sp³-hybridized carbons (Fsp3) is 0.441. The number of fused-ring (bicyclic) bond motifs is 2. The molecule has 0 heterocycles. The highest BCUT2D eigenvalue weighted by Gasteiger charge is 2.53. The summed E-state index contributed by atoms with van der Waals surface area (Å²) in [6, 6.07) is 17.7. The van der Waals surface area contributed by atoms with Crippen LogP contribution >= 0.6 is 0 Å². The second-order valence-corrected chi connectivity index (χ2v) is 12.4. The number of methoxy groups -OCH3 is 1. The van der Waals surface area contributed by atoms with Gasteiger partial charge < -0.3 is 9.47 Å². The molecule has 5 rings (SSSR count). The Bertz CT molecular complexity index is 1370. The van der Waals surface area contributed by atoms with Crippen molar-refractivity contribution in [2.24, 2.45) is 11.3 Å². The van der Waals surface area contributed by atoms with E-state index < -0.39 is 0 Å². The number of ketones is 1. The number of benzene rings is 3. The van der Waals surface area contributed by atoms with Gasteiger partial charge in [-0.15, -0.1) is 0 Å². The highest BCUT2D eigenvalue weighted by molar-refractivity contribution is 5.82.